The average Bonchev–Trinajstić information content (AvgIpc) is 2.89. The molecule has 0 saturated carbocycles. The van der Waals surface area contributed by atoms with E-state index < -0.39 is 0 Å². The molecule has 0 atom stereocenters. The highest BCUT2D eigenvalue weighted by Crippen LogP contribution is 2.19. The van der Waals surface area contributed by atoms with Gasteiger partial charge in [-0.15, -0.1) is 0 Å². The van der Waals surface area contributed by atoms with Crippen molar-refractivity contribution in [3.05, 3.63) is 49.1 Å². The number of fused-ring (bicyclic) bond motifs is 1. The fraction of sp³-hybridized carbons (Fsp3) is 0.200. The Morgan fingerprint density at radius 2 is 2.16 bits per heavy atom. The topological polar surface area (TPSA) is 42.2 Å². The maximum Gasteiger partial charge on any atom is 0.137 e. The van der Waals surface area contributed by atoms with Crippen LogP contribution in [0.1, 0.15) is 13.3 Å². The molecular weight excluding hydrogens is 236 g/mol. The lowest BCUT2D eigenvalue weighted by Crippen LogP contribution is -2.00. The van der Waals surface area contributed by atoms with Gasteiger partial charge in [0.15, 0.2) is 0 Å². The normalized spacial score (nSPS) is 10.8. The van der Waals surface area contributed by atoms with Crippen LogP contribution in [-0.4, -0.2) is 20.9 Å². The van der Waals surface area contributed by atoms with Gasteiger partial charge in [-0.2, -0.15) is 0 Å². The van der Waals surface area contributed by atoms with Crippen LogP contribution in [0.5, 0.6) is 0 Å². The van der Waals surface area contributed by atoms with Crippen LogP contribution in [0.3, 0.4) is 0 Å². The molecule has 3 aromatic heterocycles. The first-order valence-corrected chi connectivity index (χ1v) is 6.50. The first-order valence-electron chi connectivity index (χ1n) is 6.50. The van der Waals surface area contributed by atoms with E-state index >= 15 is 0 Å². The molecule has 3 rings (SSSR count). The molecule has 0 amide bonds. The minimum absolute atomic E-state index is 0.945. The summed E-state index contributed by atoms with van der Waals surface area (Å²) in [6, 6.07) is 8.03. The van der Waals surface area contributed by atoms with Crippen LogP contribution in [-0.2, 0) is 0 Å². The third kappa shape index (κ3) is 2.42. The van der Waals surface area contributed by atoms with Crippen LogP contribution >= 0.6 is 0 Å². The second-order valence-electron chi connectivity index (χ2n) is 4.48. The lowest BCUT2D eigenvalue weighted by molar-refractivity contribution is 0.976. The van der Waals surface area contributed by atoms with Crippen molar-refractivity contribution in [2.75, 3.05) is 11.9 Å². The SMILES string of the molecule is CCCNc1ccc2nc(-c3cccnc3)cn2c1. The molecule has 0 aliphatic rings. The summed E-state index contributed by atoms with van der Waals surface area (Å²) in [5, 5.41) is 3.37. The van der Waals surface area contributed by atoms with E-state index in [0.717, 1.165) is 35.6 Å². The van der Waals surface area contributed by atoms with Crippen LogP contribution in [0.25, 0.3) is 16.9 Å². The van der Waals surface area contributed by atoms with Gasteiger partial charge in [0.1, 0.15) is 5.65 Å². The number of pyridine rings is 2. The standard InChI is InChI=1S/C15H16N4/c1-2-7-17-13-5-6-15-18-14(11-19(15)10-13)12-4-3-8-16-9-12/h3-6,8-11,17H,2,7H2,1H3. The molecule has 0 fully saturated rings. The number of nitrogens with zero attached hydrogens (tertiary/aromatic N) is 3. The predicted octanol–water partition coefficient (Wildman–Crippen LogP) is 3.22. The summed E-state index contributed by atoms with van der Waals surface area (Å²) >= 11 is 0. The number of aromatic nitrogens is 3. The summed E-state index contributed by atoms with van der Waals surface area (Å²) in [6.45, 7) is 3.14. The Balaban J connectivity index is 1.97. The van der Waals surface area contributed by atoms with E-state index in [0.29, 0.717) is 0 Å². The molecule has 96 valence electrons. The zero-order valence-corrected chi connectivity index (χ0v) is 10.9. The highest BCUT2D eigenvalue weighted by molar-refractivity contribution is 5.62. The molecule has 0 bridgehead atoms. The third-order valence-corrected chi connectivity index (χ3v) is 2.99. The van der Waals surface area contributed by atoms with Gasteiger partial charge in [0.25, 0.3) is 0 Å². The largest absolute Gasteiger partial charge is 0.384 e. The molecule has 0 unspecified atom stereocenters. The van der Waals surface area contributed by atoms with Crippen LogP contribution in [0.15, 0.2) is 49.1 Å². The molecule has 3 heterocycles. The molecule has 0 radical (unpaired) electrons. The fourth-order valence-electron chi connectivity index (χ4n) is 2.02. The van der Waals surface area contributed by atoms with Crippen molar-refractivity contribution in [3.8, 4) is 11.3 Å². The van der Waals surface area contributed by atoms with Gasteiger partial charge in [0.2, 0.25) is 0 Å². The molecule has 1 N–H and O–H groups in total. The van der Waals surface area contributed by atoms with Crippen LogP contribution < -0.4 is 5.32 Å². The Kier molecular flexibility index (Phi) is 3.14. The van der Waals surface area contributed by atoms with E-state index in [1.807, 2.05) is 35.0 Å². The maximum absolute atomic E-state index is 4.60. The zero-order chi connectivity index (χ0) is 13.1. The van der Waals surface area contributed by atoms with Crippen molar-refractivity contribution in [1.29, 1.82) is 0 Å². The Morgan fingerprint density at radius 1 is 1.21 bits per heavy atom. The first kappa shape index (κ1) is 11.7. The van der Waals surface area contributed by atoms with Crippen LogP contribution in [0.2, 0.25) is 0 Å². The van der Waals surface area contributed by atoms with Crippen molar-refractivity contribution in [2.24, 2.45) is 0 Å². The first-order chi connectivity index (χ1) is 9.36. The molecule has 3 aromatic rings. The van der Waals surface area contributed by atoms with Crippen molar-refractivity contribution < 1.29 is 0 Å². The van der Waals surface area contributed by atoms with Gasteiger partial charge in [-0.1, -0.05) is 6.92 Å². The smallest absolute Gasteiger partial charge is 0.137 e. The summed E-state index contributed by atoms with van der Waals surface area (Å²) in [5.41, 5.74) is 4.04. The van der Waals surface area contributed by atoms with Gasteiger partial charge in [-0.3, -0.25) is 4.98 Å². The maximum atomic E-state index is 4.60. The van der Waals surface area contributed by atoms with Gasteiger partial charge in [0, 0.05) is 36.9 Å². The van der Waals surface area contributed by atoms with E-state index in [-0.39, 0.29) is 0 Å². The molecular formula is C15H16N4. The lowest BCUT2D eigenvalue weighted by Gasteiger charge is -2.04. The Labute approximate surface area is 112 Å². The molecule has 0 aromatic carbocycles. The van der Waals surface area contributed by atoms with E-state index in [2.05, 4.69) is 34.5 Å². The second kappa shape index (κ2) is 5.10. The van der Waals surface area contributed by atoms with Gasteiger partial charge in [0.05, 0.1) is 11.4 Å². The summed E-state index contributed by atoms with van der Waals surface area (Å²) in [6.07, 6.45) is 8.81. The van der Waals surface area contributed by atoms with E-state index in [1.165, 1.54) is 0 Å². The van der Waals surface area contributed by atoms with E-state index in [9.17, 15) is 0 Å². The number of anilines is 1. The lowest BCUT2D eigenvalue weighted by atomic mass is 10.2. The monoisotopic (exact) mass is 252 g/mol. The second-order valence-corrected chi connectivity index (χ2v) is 4.48. The van der Waals surface area contributed by atoms with Crippen LogP contribution in [0, 0.1) is 0 Å². The predicted molar refractivity (Wildman–Crippen MR) is 77.2 cm³/mol. The van der Waals surface area contributed by atoms with Gasteiger partial charge < -0.3 is 9.72 Å². The zero-order valence-electron chi connectivity index (χ0n) is 10.9. The Bertz CT molecular complexity index is 673. The van der Waals surface area contributed by atoms with Gasteiger partial charge in [-0.25, -0.2) is 4.98 Å². The molecule has 0 aliphatic heterocycles. The summed E-state index contributed by atoms with van der Waals surface area (Å²) < 4.78 is 2.04. The summed E-state index contributed by atoms with van der Waals surface area (Å²) in [7, 11) is 0. The highest BCUT2D eigenvalue weighted by atomic mass is 15.0. The summed E-state index contributed by atoms with van der Waals surface area (Å²) in [5.74, 6) is 0. The Morgan fingerprint density at radius 3 is 2.95 bits per heavy atom. The number of nitrogens with one attached hydrogen (secondary N) is 1. The highest BCUT2D eigenvalue weighted by Gasteiger charge is 2.04. The minimum atomic E-state index is 0.945. The van der Waals surface area contributed by atoms with Crippen LogP contribution in [0.4, 0.5) is 5.69 Å². The molecule has 0 spiro atoms. The van der Waals surface area contributed by atoms with E-state index in [1.54, 1.807) is 6.20 Å². The number of rotatable bonds is 4. The molecule has 0 aliphatic carbocycles. The molecule has 4 nitrogen and oxygen atoms in total. The number of imidazole rings is 1. The van der Waals surface area contributed by atoms with Gasteiger partial charge >= 0.3 is 0 Å². The fourth-order valence-corrected chi connectivity index (χ4v) is 2.02. The quantitative estimate of drug-likeness (QED) is 0.775. The minimum Gasteiger partial charge on any atom is -0.384 e. The van der Waals surface area contributed by atoms with Crippen molar-refractivity contribution >= 4 is 11.3 Å². The van der Waals surface area contributed by atoms with Crippen molar-refractivity contribution in [1.82, 2.24) is 14.4 Å². The summed E-state index contributed by atoms with van der Waals surface area (Å²) in [4.78, 5) is 8.73. The van der Waals surface area contributed by atoms with Crippen molar-refractivity contribution in [3.63, 3.8) is 0 Å². The van der Waals surface area contributed by atoms with E-state index in [4.69, 9.17) is 0 Å². The van der Waals surface area contributed by atoms with Gasteiger partial charge in [-0.05, 0) is 30.7 Å². The average molecular weight is 252 g/mol. The number of hydrogen-bond acceptors (Lipinski definition) is 3. The number of hydrogen-bond donors (Lipinski definition) is 1. The molecule has 4 heteroatoms. The third-order valence-electron chi connectivity index (χ3n) is 2.99. The molecule has 0 saturated heterocycles. The molecule has 19 heavy (non-hydrogen) atoms. The Hall–Kier alpha value is -2.36. The van der Waals surface area contributed by atoms with Crippen molar-refractivity contribution in [2.45, 2.75) is 13.3 Å².